The first-order valence-electron chi connectivity index (χ1n) is 10.3. The number of rotatable bonds is 4. The molecule has 7 atom stereocenters. The van der Waals surface area contributed by atoms with E-state index in [0.29, 0.717) is 5.92 Å². The lowest BCUT2D eigenvalue weighted by Crippen LogP contribution is -2.33. The van der Waals surface area contributed by atoms with Crippen molar-refractivity contribution in [3.63, 3.8) is 0 Å². The number of fused-ring (bicyclic) bond motifs is 1. The minimum atomic E-state index is -1.41. The fraction of sp³-hybridized carbons (Fsp3) is 0.632. The molecule has 1 saturated heterocycles. The Morgan fingerprint density at radius 2 is 2.10 bits per heavy atom. The number of aliphatic hydroxyl groups is 3. The van der Waals surface area contributed by atoms with Crippen molar-refractivity contribution in [3.8, 4) is 0 Å². The molecule has 2 unspecified atom stereocenters. The largest absolute Gasteiger partial charge is 0.394 e. The molecule has 0 bridgehead atoms. The van der Waals surface area contributed by atoms with Crippen LogP contribution in [0.3, 0.4) is 0 Å². The van der Waals surface area contributed by atoms with Crippen molar-refractivity contribution in [2.45, 2.75) is 57.3 Å². The third-order valence-corrected chi connectivity index (χ3v) is 6.16. The van der Waals surface area contributed by atoms with Crippen LogP contribution in [0.5, 0.6) is 0 Å². The molecule has 1 aliphatic heterocycles. The van der Waals surface area contributed by atoms with Gasteiger partial charge < -0.3 is 25.8 Å². The monoisotopic (exact) mass is 433 g/mol. The predicted octanol–water partition coefficient (Wildman–Crippen LogP) is 0.388. The number of H-pyrrole nitrogens is 1. The molecule has 168 valence electrons. The molecule has 2 aliphatic rings. The number of hydrogen-bond acceptors (Lipinski definition) is 10. The number of nitrogens with one attached hydrogen (secondary N) is 1. The summed E-state index contributed by atoms with van der Waals surface area (Å²) in [7, 11) is 0. The van der Waals surface area contributed by atoms with Crippen LogP contribution in [0.15, 0.2) is 27.2 Å². The lowest BCUT2D eigenvalue weighted by molar-refractivity contribution is -0.0503. The molecule has 12 nitrogen and oxygen atoms in total. The van der Waals surface area contributed by atoms with Crippen LogP contribution in [0.1, 0.15) is 32.9 Å². The number of aliphatic hydroxyl groups excluding tert-OH is 3. The highest BCUT2D eigenvalue weighted by Gasteiger charge is 2.45. The molecular weight excluding hydrogens is 406 g/mol. The first-order valence-corrected chi connectivity index (χ1v) is 10.3. The smallest absolute Gasteiger partial charge is 0.280 e. The van der Waals surface area contributed by atoms with Gasteiger partial charge in [0, 0.05) is 0 Å². The molecule has 2 aromatic rings. The summed E-state index contributed by atoms with van der Waals surface area (Å²) >= 11 is 0. The van der Waals surface area contributed by atoms with Crippen molar-refractivity contribution in [3.05, 3.63) is 22.5 Å². The Labute approximate surface area is 177 Å². The second-order valence-electron chi connectivity index (χ2n) is 8.18. The third-order valence-electron chi connectivity index (χ3n) is 6.16. The van der Waals surface area contributed by atoms with Gasteiger partial charge in [0.05, 0.1) is 12.6 Å². The van der Waals surface area contributed by atoms with E-state index >= 15 is 0 Å². The van der Waals surface area contributed by atoms with Crippen molar-refractivity contribution < 1.29 is 20.1 Å². The minimum Gasteiger partial charge on any atom is -0.394 e. The molecule has 12 heteroatoms. The van der Waals surface area contributed by atoms with Gasteiger partial charge in [0.1, 0.15) is 18.3 Å². The number of nitrogens with zero attached hydrogens (tertiary/aromatic N) is 5. The first-order chi connectivity index (χ1) is 14.8. The van der Waals surface area contributed by atoms with Crippen LogP contribution >= 0.6 is 0 Å². The molecule has 0 radical (unpaired) electrons. The molecule has 2 aromatic heterocycles. The highest BCUT2D eigenvalue weighted by Crippen LogP contribution is 2.35. The number of aromatic amines is 1. The Morgan fingerprint density at radius 1 is 1.32 bits per heavy atom. The Kier molecular flexibility index (Phi) is 5.88. The van der Waals surface area contributed by atoms with E-state index < -0.39 is 36.7 Å². The van der Waals surface area contributed by atoms with Gasteiger partial charge in [-0.3, -0.25) is 14.3 Å². The summed E-state index contributed by atoms with van der Waals surface area (Å²) in [5.74, 6) is 0.517. The predicted molar refractivity (Wildman–Crippen MR) is 111 cm³/mol. The zero-order valence-corrected chi connectivity index (χ0v) is 17.3. The van der Waals surface area contributed by atoms with E-state index in [1.165, 1.54) is 4.57 Å². The molecule has 6 N–H and O–H groups in total. The maximum absolute atomic E-state index is 12.4. The van der Waals surface area contributed by atoms with E-state index in [-0.39, 0.29) is 35.0 Å². The maximum atomic E-state index is 12.4. The Bertz CT molecular complexity index is 1060. The molecule has 0 spiro atoms. The molecule has 3 heterocycles. The van der Waals surface area contributed by atoms with Crippen molar-refractivity contribution in [1.29, 1.82) is 0 Å². The van der Waals surface area contributed by atoms with Gasteiger partial charge in [0.15, 0.2) is 17.4 Å². The topological polar surface area (TPSA) is 184 Å². The maximum Gasteiger partial charge on any atom is 0.280 e. The number of allylic oxidation sites excluding steroid dienone is 1. The van der Waals surface area contributed by atoms with Gasteiger partial charge in [-0.2, -0.15) is 10.1 Å². The fourth-order valence-electron chi connectivity index (χ4n) is 4.02. The summed E-state index contributed by atoms with van der Waals surface area (Å²) in [5, 5.41) is 38.9. The van der Waals surface area contributed by atoms with Gasteiger partial charge in [-0.25, -0.2) is 4.98 Å². The standard InChI is InChI=1S/C19H27N7O5/c1-8-5-3-4-6-10(9(8)2)24-25-19-21-12-15(22-18(20)23-16(12)30)26(19)17-14(29)13(28)11(7-27)31-17/h4,6,8-11,13-14,17,27-29H,3,5,7H2,1-2H3,(H3,20,22,23,30)/b25-24-/t8-,9-,10+,11+,13?,14?,17+/m0/s1. The van der Waals surface area contributed by atoms with E-state index in [0.717, 1.165) is 12.8 Å². The average Bonchev–Trinajstić information content (AvgIpc) is 3.17. The van der Waals surface area contributed by atoms with Gasteiger partial charge >= 0.3 is 0 Å². The summed E-state index contributed by atoms with van der Waals surface area (Å²) in [6.07, 6.45) is 1.13. The number of nitrogen functional groups attached to an aromatic ring is 1. The number of azo groups is 1. The Hall–Kier alpha value is -2.67. The highest BCUT2D eigenvalue weighted by molar-refractivity contribution is 5.74. The normalized spacial score (nSPS) is 34.0. The van der Waals surface area contributed by atoms with Gasteiger partial charge in [0.2, 0.25) is 5.95 Å². The molecule has 1 aliphatic carbocycles. The van der Waals surface area contributed by atoms with E-state index in [2.05, 4.69) is 45.1 Å². The molecule has 1 fully saturated rings. The van der Waals surface area contributed by atoms with Crippen molar-refractivity contribution in [2.75, 3.05) is 12.3 Å². The Balaban J connectivity index is 1.81. The van der Waals surface area contributed by atoms with Crippen molar-refractivity contribution in [1.82, 2.24) is 19.5 Å². The quantitative estimate of drug-likeness (QED) is 0.338. The lowest BCUT2D eigenvalue weighted by atomic mass is 9.88. The molecule has 0 aromatic carbocycles. The number of hydrogen-bond donors (Lipinski definition) is 5. The SMILES string of the molecule is C[C@H]1[C@@H](C)CCC=C[C@H]1/N=N\c1nc2c(=O)[nH]c(N)nc2n1[C@@H]1O[C@H](CO)C(O)C1O. The van der Waals surface area contributed by atoms with Gasteiger partial charge in [-0.05, 0) is 24.7 Å². The lowest BCUT2D eigenvalue weighted by Gasteiger charge is -2.21. The summed E-state index contributed by atoms with van der Waals surface area (Å²) in [4.78, 5) is 23.1. The zero-order valence-electron chi connectivity index (χ0n) is 17.3. The van der Waals surface area contributed by atoms with Crippen LogP contribution in [0.25, 0.3) is 11.2 Å². The van der Waals surface area contributed by atoms with Gasteiger partial charge in [0.25, 0.3) is 11.5 Å². The highest BCUT2D eigenvalue weighted by atomic mass is 16.6. The van der Waals surface area contributed by atoms with Crippen LogP contribution in [0.4, 0.5) is 11.9 Å². The number of aromatic nitrogens is 4. The zero-order chi connectivity index (χ0) is 22.3. The van der Waals surface area contributed by atoms with Gasteiger partial charge in [-0.15, -0.1) is 5.11 Å². The number of ether oxygens (including phenoxy) is 1. The summed E-state index contributed by atoms with van der Waals surface area (Å²) < 4.78 is 6.90. The minimum absolute atomic E-state index is 0.0223. The van der Waals surface area contributed by atoms with Crippen LogP contribution in [0, 0.1) is 11.8 Å². The fourth-order valence-corrected chi connectivity index (χ4v) is 4.02. The van der Waals surface area contributed by atoms with Crippen LogP contribution in [0.2, 0.25) is 0 Å². The van der Waals surface area contributed by atoms with Crippen molar-refractivity contribution >= 4 is 23.1 Å². The van der Waals surface area contributed by atoms with Crippen LogP contribution < -0.4 is 11.3 Å². The second-order valence-corrected chi connectivity index (χ2v) is 8.18. The summed E-state index contributed by atoms with van der Waals surface area (Å²) in [6, 6.07) is -0.188. The number of imidazole rings is 1. The van der Waals surface area contributed by atoms with Gasteiger partial charge in [-0.1, -0.05) is 26.0 Å². The van der Waals surface area contributed by atoms with Crippen LogP contribution in [-0.2, 0) is 4.74 Å². The third kappa shape index (κ3) is 3.87. The molecular formula is C19H27N7O5. The second kappa shape index (κ2) is 8.46. The average molecular weight is 433 g/mol. The van der Waals surface area contributed by atoms with E-state index in [1.807, 2.05) is 6.08 Å². The molecule has 0 amide bonds. The molecule has 4 rings (SSSR count). The number of nitrogens with two attached hydrogens (primary N) is 1. The summed E-state index contributed by atoms with van der Waals surface area (Å²) in [6.45, 7) is 3.77. The van der Waals surface area contributed by atoms with E-state index in [4.69, 9.17) is 10.5 Å². The summed E-state index contributed by atoms with van der Waals surface area (Å²) in [5.41, 5.74) is 5.09. The number of anilines is 1. The first kappa shape index (κ1) is 21.6. The van der Waals surface area contributed by atoms with E-state index in [1.54, 1.807) is 0 Å². The molecule has 31 heavy (non-hydrogen) atoms. The van der Waals surface area contributed by atoms with E-state index in [9.17, 15) is 20.1 Å². The van der Waals surface area contributed by atoms with Crippen LogP contribution in [-0.4, -0.2) is 65.8 Å². The van der Waals surface area contributed by atoms with Crippen molar-refractivity contribution in [2.24, 2.45) is 22.1 Å². The Morgan fingerprint density at radius 3 is 2.81 bits per heavy atom. The molecule has 0 saturated carbocycles.